The van der Waals surface area contributed by atoms with E-state index >= 15 is 0 Å². The van der Waals surface area contributed by atoms with Crippen LogP contribution in [0.3, 0.4) is 0 Å². The molecular weight excluding hydrogens is 386 g/mol. The second kappa shape index (κ2) is 11.3. The van der Waals surface area contributed by atoms with Crippen LogP contribution in [0.15, 0.2) is 29.3 Å². The first-order valence-electron chi connectivity index (χ1n) is 12.5. The van der Waals surface area contributed by atoms with E-state index in [0.29, 0.717) is 12.6 Å². The fraction of sp³-hybridized carbons (Fsp3) is 0.720. The van der Waals surface area contributed by atoms with E-state index in [-0.39, 0.29) is 6.10 Å². The van der Waals surface area contributed by atoms with Gasteiger partial charge in [-0.2, -0.15) is 0 Å². The van der Waals surface area contributed by atoms with Crippen molar-refractivity contribution in [1.82, 2.24) is 20.4 Å². The molecule has 3 aliphatic rings. The Morgan fingerprint density at radius 3 is 2.42 bits per heavy atom. The maximum Gasteiger partial charge on any atom is 0.191 e. The molecule has 0 bridgehead atoms. The molecule has 0 amide bonds. The van der Waals surface area contributed by atoms with E-state index in [0.717, 1.165) is 57.6 Å². The molecule has 2 aliphatic heterocycles. The summed E-state index contributed by atoms with van der Waals surface area (Å²) < 4.78 is 0. The Morgan fingerprint density at radius 2 is 1.71 bits per heavy atom. The van der Waals surface area contributed by atoms with Gasteiger partial charge >= 0.3 is 0 Å². The van der Waals surface area contributed by atoms with Crippen molar-refractivity contribution >= 4 is 5.96 Å². The summed E-state index contributed by atoms with van der Waals surface area (Å²) in [5, 5.41) is 16.8. The summed E-state index contributed by atoms with van der Waals surface area (Å²) in [6.45, 7) is 9.04. The number of nitrogens with zero attached hydrogens (tertiary/aromatic N) is 3. The molecule has 3 N–H and O–H groups in total. The van der Waals surface area contributed by atoms with Crippen LogP contribution in [0.25, 0.3) is 0 Å². The summed E-state index contributed by atoms with van der Waals surface area (Å²) in [4.78, 5) is 9.99. The van der Waals surface area contributed by atoms with Gasteiger partial charge in [0.2, 0.25) is 0 Å². The number of piperidine rings is 1. The molecule has 1 saturated carbocycles. The van der Waals surface area contributed by atoms with Crippen molar-refractivity contribution in [3.05, 3.63) is 35.4 Å². The number of nitrogens with one attached hydrogen (secondary N) is 2. The molecule has 0 aromatic heterocycles. The van der Waals surface area contributed by atoms with Crippen molar-refractivity contribution in [3.63, 3.8) is 0 Å². The largest absolute Gasteiger partial charge is 0.393 e. The number of hydrogen-bond acceptors (Lipinski definition) is 4. The minimum Gasteiger partial charge on any atom is -0.393 e. The molecule has 1 aliphatic carbocycles. The molecule has 3 fully saturated rings. The molecule has 172 valence electrons. The van der Waals surface area contributed by atoms with Gasteiger partial charge in [0.15, 0.2) is 5.96 Å². The molecule has 6 heteroatoms. The average molecular weight is 428 g/mol. The van der Waals surface area contributed by atoms with Crippen LogP contribution in [0.2, 0.25) is 0 Å². The summed E-state index contributed by atoms with van der Waals surface area (Å²) in [6, 6.07) is 10.2. The predicted molar refractivity (Wildman–Crippen MR) is 127 cm³/mol. The average Bonchev–Trinajstić information content (AvgIpc) is 3.47. The lowest BCUT2D eigenvalue weighted by molar-refractivity contribution is 0.0792. The molecule has 2 heterocycles. The van der Waals surface area contributed by atoms with Crippen LogP contribution >= 0.6 is 0 Å². The summed E-state index contributed by atoms with van der Waals surface area (Å²) in [7, 11) is 0. The first-order valence-corrected chi connectivity index (χ1v) is 12.5. The maximum absolute atomic E-state index is 9.67. The Bertz CT molecular complexity index is 692. The summed E-state index contributed by atoms with van der Waals surface area (Å²) in [5.41, 5.74) is 2.58. The van der Waals surface area contributed by atoms with Crippen LogP contribution in [0.4, 0.5) is 0 Å². The van der Waals surface area contributed by atoms with Crippen LogP contribution in [-0.4, -0.2) is 71.8 Å². The summed E-state index contributed by atoms with van der Waals surface area (Å²) >= 11 is 0. The van der Waals surface area contributed by atoms with Crippen LogP contribution < -0.4 is 10.6 Å². The van der Waals surface area contributed by atoms with Gasteiger partial charge in [0.1, 0.15) is 0 Å². The summed E-state index contributed by atoms with van der Waals surface area (Å²) in [6.07, 6.45) is 8.48. The zero-order chi connectivity index (χ0) is 21.5. The number of benzene rings is 1. The highest BCUT2D eigenvalue weighted by Crippen LogP contribution is 2.26. The van der Waals surface area contributed by atoms with Gasteiger partial charge < -0.3 is 15.7 Å². The highest BCUT2D eigenvalue weighted by atomic mass is 16.3. The molecule has 2 saturated heterocycles. The van der Waals surface area contributed by atoms with E-state index in [1.165, 1.54) is 49.8 Å². The van der Waals surface area contributed by atoms with E-state index in [4.69, 9.17) is 4.99 Å². The zero-order valence-corrected chi connectivity index (χ0v) is 19.2. The van der Waals surface area contributed by atoms with Crippen molar-refractivity contribution in [3.8, 4) is 0 Å². The van der Waals surface area contributed by atoms with Gasteiger partial charge in [-0.25, -0.2) is 4.99 Å². The maximum atomic E-state index is 9.67. The van der Waals surface area contributed by atoms with Crippen LogP contribution in [-0.2, 0) is 13.1 Å². The number of aliphatic imine (C=N–C) groups is 1. The lowest BCUT2D eigenvalue weighted by atomic mass is 10.1. The van der Waals surface area contributed by atoms with Crippen LogP contribution in [0, 0.1) is 0 Å². The molecule has 6 nitrogen and oxygen atoms in total. The van der Waals surface area contributed by atoms with Gasteiger partial charge in [0, 0.05) is 51.4 Å². The van der Waals surface area contributed by atoms with Crippen molar-refractivity contribution < 1.29 is 5.11 Å². The van der Waals surface area contributed by atoms with Crippen molar-refractivity contribution in [2.75, 3.05) is 32.7 Å². The fourth-order valence-corrected chi connectivity index (χ4v) is 5.28. The Kier molecular flexibility index (Phi) is 8.22. The molecule has 0 radical (unpaired) electrons. The Hall–Kier alpha value is -1.63. The van der Waals surface area contributed by atoms with Crippen molar-refractivity contribution in [2.24, 2.45) is 4.99 Å². The fourth-order valence-electron chi connectivity index (χ4n) is 5.28. The third kappa shape index (κ3) is 6.67. The van der Waals surface area contributed by atoms with Gasteiger partial charge in [-0.05, 0) is 50.2 Å². The number of rotatable bonds is 7. The second-order valence-electron chi connectivity index (χ2n) is 9.58. The third-order valence-electron chi connectivity index (χ3n) is 7.15. The lowest BCUT2D eigenvalue weighted by Crippen LogP contribution is -2.45. The lowest BCUT2D eigenvalue weighted by Gasteiger charge is -2.29. The minimum absolute atomic E-state index is 0.106. The number of hydrogen-bond donors (Lipinski definition) is 3. The Labute approximate surface area is 188 Å². The normalized spacial score (nSPS) is 24.7. The predicted octanol–water partition coefficient (Wildman–Crippen LogP) is 2.72. The highest BCUT2D eigenvalue weighted by Gasteiger charge is 2.30. The first kappa shape index (κ1) is 22.6. The Balaban J connectivity index is 1.26. The SMILES string of the molecule is CCNC(=NCc1ccc(CN2CCC(O)CC2)cc1)NC1CCN(C2CCCC2)C1. The quantitative estimate of drug-likeness (QED) is 0.461. The van der Waals surface area contributed by atoms with E-state index in [1.807, 2.05) is 0 Å². The molecule has 1 aromatic carbocycles. The molecular formula is C25H41N5O. The van der Waals surface area contributed by atoms with Crippen molar-refractivity contribution in [1.29, 1.82) is 0 Å². The zero-order valence-electron chi connectivity index (χ0n) is 19.2. The Morgan fingerprint density at radius 1 is 1.00 bits per heavy atom. The molecule has 31 heavy (non-hydrogen) atoms. The molecule has 0 spiro atoms. The smallest absolute Gasteiger partial charge is 0.191 e. The molecule has 1 atom stereocenters. The number of guanidine groups is 1. The number of aliphatic hydroxyl groups excluding tert-OH is 1. The topological polar surface area (TPSA) is 63.1 Å². The minimum atomic E-state index is -0.106. The summed E-state index contributed by atoms with van der Waals surface area (Å²) in [5.74, 6) is 0.941. The standard InChI is InChI=1S/C25H41N5O/c1-2-26-25(28-22-11-16-30(19-22)23-5-3-4-6-23)27-17-20-7-9-21(10-8-20)18-29-14-12-24(31)13-15-29/h7-10,22-24,31H,2-6,11-19H2,1H3,(H2,26,27,28). The second-order valence-corrected chi connectivity index (χ2v) is 9.58. The van der Waals surface area contributed by atoms with E-state index < -0.39 is 0 Å². The monoisotopic (exact) mass is 427 g/mol. The van der Waals surface area contributed by atoms with Crippen LogP contribution in [0.5, 0.6) is 0 Å². The van der Waals surface area contributed by atoms with E-state index in [9.17, 15) is 5.11 Å². The van der Waals surface area contributed by atoms with Gasteiger partial charge in [-0.1, -0.05) is 37.1 Å². The number of likely N-dealkylation sites (tertiary alicyclic amines) is 2. The molecule has 1 unspecified atom stereocenters. The highest BCUT2D eigenvalue weighted by molar-refractivity contribution is 5.80. The van der Waals surface area contributed by atoms with Gasteiger partial charge in [-0.3, -0.25) is 9.80 Å². The molecule has 1 aromatic rings. The first-order chi connectivity index (χ1) is 15.2. The molecule has 4 rings (SSSR count). The van der Waals surface area contributed by atoms with Gasteiger partial charge in [0.05, 0.1) is 12.6 Å². The van der Waals surface area contributed by atoms with Gasteiger partial charge in [-0.15, -0.1) is 0 Å². The van der Waals surface area contributed by atoms with E-state index in [1.54, 1.807) is 0 Å². The van der Waals surface area contributed by atoms with E-state index in [2.05, 4.69) is 51.6 Å². The van der Waals surface area contributed by atoms with Crippen molar-refractivity contribution in [2.45, 2.75) is 83.1 Å². The third-order valence-corrected chi connectivity index (χ3v) is 7.15. The van der Waals surface area contributed by atoms with Gasteiger partial charge in [0.25, 0.3) is 0 Å². The number of aliphatic hydroxyl groups is 1. The van der Waals surface area contributed by atoms with Crippen LogP contribution in [0.1, 0.15) is 63.0 Å².